The van der Waals surface area contributed by atoms with Crippen molar-refractivity contribution in [3.8, 4) is 0 Å². The van der Waals surface area contributed by atoms with Crippen LogP contribution in [0.25, 0.3) is 0 Å². The van der Waals surface area contributed by atoms with Crippen molar-refractivity contribution in [2.24, 2.45) is 0 Å². The molecule has 7 heteroatoms. The maximum absolute atomic E-state index is 13.0. The van der Waals surface area contributed by atoms with Gasteiger partial charge in [-0.25, -0.2) is 8.42 Å². The molecule has 3 rings (SSSR count). The second-order valence-corrected chi connectivity index (χ2v) is 10.1. The molecule has 162 valence electrons. The first kappa shape index (κ1) is 22.5. The van der Waals surface area contributed by atoms with Gasteiger partial charge in [0, 0.05) is 32.7 Å². The fraction of sp³-hybridized carbons (Fsp3) is 0.435. The van der Waals surface area contributed by atoms with Crippen LogP contribution in [0.15, 0.2) is 47.4 Å². The van der Waals surface area contributed by atoms with Crippen LogP contribution < -0.4 is 0 Å². The van der Waals surface area contributed by atoms with Gasteiger partial charge in [-0.3, -0.25) is 9.69 Å². The zero-order valence-corrected chi connectivity index (χ0v) is 19.1. The first-order valence-corrected chi connectivity index (χ1v) is 11.7. The van der Waals surface area contributed by atoms with E-state index < -0.39 is 10.0 Å². The van der Waals surface area contributed by atoms with Crippen molar-refractivity contribution in [2.45, 2.75) is 32.2 Å². The third-order valence-electron chi connectivity index (χ3n) is 5.65. The number of benzene rings is 2. The van der Waals surface area contributed by atoms with Crippen molar-refractivity contribution in [2.75, 3.05) is 39.8 Å². The second kappa shape index (κ2) is 9.29. The Hall–Kier alpha value is -2.22. The van der Waals surface area contributed by atoms with Crippen molar-refractivity contribution in [3.63, 3.8) is 0 Å². The van der Waals surface area contributed by atoms with Crippen LogP contribution in [0, 0.1) is 20.8 Å². The highest BCUT2D eigenvalue weighted by Gasteiger charge is 2.31. The molecule has 1 aliphatic rings. The predicted octanol–water partition coefficient (Wildman–Crippen LogP) is 2.58. The van der Waals surface area contributed by atoms with Crippen molar-refractivity contribution in [1.82, 2.24) is 14.1 Å². The molecule has 2 aromatic rings. The van der Waals surface area contributed by atoms with E-state index in [0.29, 0.717) is 44.2 Å². The van der Waals surface area contributed by atoms with Gasteiger partial charge in [0.25, 0.3) is 0 Å². The largest absolute Gasteiger partial charge is 0.339 e. The lowest BCUT2D eigenvalue weighted by molar-refractivity contribution is -0.133. The molecular formula is C23H31N3O3S. The Morgan fingerprint density at radius 3 is 2.27 bits per heavy atom. The molecule has 0 saturated carbocycles. The molecular weight excluding hydrogens is 398 g/mol. The number of carbonyl (C=O) groups is 1. The average molecular weight is 430 g/mol. The molecule has 1 fully saturated rings. The predicted molar refractivity (Wildman–Crippen MR) is 119 cm³/mol. The highest BCUT2D eigenvalue weighted by atomic mass is 32.2. The second-order valence-electron chi connectivity index (χ2n) is 8.15. The van der Waals surface area contributed by atoms with Crippen LogP contribution in [-0.4, -0.2) is 68.2 Å². The normalized spacial score (nSPS) is 15.6. The van der Waals surface area contributed by atoms with Crippen molar-refractivity contribution in [3.05, 3.63) is 64.7 Å². The number of rotatable bonds is 6. The van der Waals surface area contributed by atoms with Gasteiger partial charge in [-0.1, -0.05) is 42.0 Å². The molecule has 6 nitrogen and oxygen atoms in total. The van der Waals surface area contributed by atoms with E-state index in [1.807, 2.05) is 50.1 Å². The third-order valence-corrected chi connectivity index (χ3v) is 7.71. The molecule has 2 aromatic carbocycles. The molecule has 0 atom stereocenters. The Morgan fingerprint density at radius 1 is 0.967 bits per heavy atom. The summed E-state index contributed by atoms with van der Waals surface area (Å²) in [5.74, 6) is 0.0367. The molecule has 0 unspecified atom stereocenters. The molecule has 0 spiro atoms. The number of amides is 1. The van der Waals surface area contributed by atoms with Gasteiger partial charge in [0.15, 0.2) is 0 Å². The molecule has 0 aromatic heterocycles. The van der Waals surface area contributed by atoms with E-state index in [2.05, 4.69) is 19.1 Å². The summed E-state index contributed by atoms with van der Waals surface area (Å²) >= 11 is 0. The molecule has 0 aliphatic carbocycles. The van der Waals surface area contributed by atoms with E-state index in [0.717, 1.165) is 11.1 Å². The van der Waals surface area contributed by atoms with Crippen LogP contribution in [0.2, 0.25) is 0 Å². The lowest BCUT2D eigenvalue weighted by atomic mass is 10.1. The summed E-state index contributed by atoms with van der Waals surface area (Å²) in [7, 11) is -1.61. The lowest BCUT2D eigenvalue weighted by Crippen LogP contribution is -2.52. The minimum Gasteiger partial charge on any atom is -0.339 e. The van der Waals surface area contributed by atoms with Gasteiger partial charge < -0.3 is 4.90 Å². The van der Waals surface area contributed by atoms with Crippen LogP contribution in [0.4, 0.5) is 0 Å². The highest BCUT2D eigenvalue weighted by molar-refractivity contribution is 7.89. The van der Waals surface area contributed by atoms with Crippen LogP contribution in [-0.2, 0) is 21.4 Å². The fourth-order valence-electron chi connectivity index (χ4n) is 3.87. The zero-order valence-electron chi connectivity index (χ0n) is 18.3. The maximum Gasteiger partial charge on any atom is 0.243 e. The van der Waals surface area contributed by atoms with Gasteiger partial charge in [0.2, 0.25) is 15.9 Å². The van der Waals surface area contributed by atoms with Crippen LogP contribution >= 0.6 is 0 Å². The number of nitrogens with zero attached hydrogens (tertiary/aromatic N) is 3. The number of sulfonamides is 1. The summed E-state index contributed by atoms with van der Waals surface area (Å²) in [5.41, 5.74) is 4.21. The van der Waals surface area contributed by atoms with Gasteiger partial charge in [-0.15, -0.1) is 0 Å². The first-order valence-electron chi connectivity index (χ1n) is 10.3. The standard InChI is InChI=1S/C23H31N3O3S/c1-18-9-10-22(20(3)15-18)30(28,29)26-13-11-25(12-14-26)23(27)17-24(4)16-21-8-6-5-7-19(21)2/h5-10,15H,11-14,16-17H2,1-4H3. The van der Waals surface area contributed by atoms with Crippen LogP contribution in [0.3, 0.4) is 0 Å². The number of carbonyl (C=O) groups excluding carboxylic acids is 1. The van der Waals surface area contributed by atoms with Crippen LogP contribution in [0.1, 0.15) is 22.3 Å². The Kier molecular flexibility index (Phi) is 6.95. The summed E-state index contributed by atoms with van der Waals surface area (Å²) in [6.07, 6.45) is 0. The summed E-state index contributed by atoms with van der Waals surface area (Å²) < 4.78 is 27.5. The van der Waals surface area contributed by atoms with Crippen molar-refractivity contribution < 1.29 is 13.2 Å². The summed E-state index contributed by atoms with van der Waals surface area (Å²) in [6.45, 7) is 8.35. The number of hydrogen-bond donors (Lipinski definition) is 0. The first-order chi connectivity index (χ1) is 14.2. The number of aryl methyl sites for hydroxylation is 3. The van der Waals surface area contributed by atoms with Gasteiger partial charge >= 0.3 is 0 Å². The molecule has 1 amide bonds. The minimum absolute atomic E-state index is 0.0367. The highest BCUT2D eigenvalue weighted by Crippen LogP contribution is 2.22. The Morgan fingerprint density at radius 2 is 1.63 bits per heavy atom. The molecule has 0 radical (unpaired) electrons. The van der Waals surface area contributed by atoms with E-state index in [1.165, 1.54) is 15.4 Å². The molecule has 1 aliphatic heterocycles. The molecule has 0 bridgehead atoms. The third kappa shape index (κ3) is 5.09. The lowest BCUT2D eigenvalue weighted by Gasteiger charge is -2.35. The fourth-order valence-corrected chi connectivity index (χ4v) is 5.50. The number of piperazine rings is 1. The molecule has 1 heterocycles. The van der Waals surface area contributed by atoms with E-state index >= 15 is 0 Å². The van der Waals surface area contributed by atoms with Gasteiger partial charge in [0.05, 0.1) is 11.4 Å². The van der Waals surface area contributed by atoms with Gasteiger partial charge in [-0.05, 0) is 50.6 Å². The van der Waals surface area contributed by atoms with Crippen LogP contribution in [0.5, 0.6) is 0 Å². The topological polar surface area (TPSA) is 60.9 Å². The van der Waals surface area contributed by atoms with E-state index in [-0.39, 0.29) is 5.91 Å². The Balaban J connectivity index is 1.57. The summed E-state index contributed by atoms with van der Waals surface area (Å²) in [5, 5.41) is 0. The van der Waals surface area contributed by atoms with Gasteiger partial charge in [-0.2, -0.15) is 4.31 Å². The smallest absolute Gasteiger partial charge is 0.243 e. The maximum atomic E-state index is 13.0. The van der Waals surface area contributed by atoms with Crippen molar-refractivity contribution >= 4 is 15.9 Å². The minimum atomic E-state index is -3.54. The zero-order chi connectivity index (χ0) is 21.9. The SMILES string of the molecule is Cc1ccc(S(=O)(=O)N2CCN(C(=O)CN(C)Cc3ccccc3C)CC2)c(C)c1. The summed E-state index contributed by atoms with van der Waals surface area (Å²) in [4.78, 5) is 16.8. The van der Waals surface area contributed by atoms with E-state index in [4.69, 9.17) is 0 Å². The monoisotopic (exact) mass is 429 g/mol. The van der Waals surface area contributed by atoms with Gasteiger partial charge in [0.1, 0.15) is 0 Å². The average Bonchev–Trinajstić information content (AvgIpc) is 2.69. The van der Waals surface area contributed by atoms with E-state index in [1.54, 1.807) is 11.0 Å². The van der Waals surface area contributed by atoms with E-state index in [9.17, 15) is 13.2 Å². The quantitative estimate of drug-likeness (QED) is 0.708. The Labute approximate surface area is 180 Å². The van der Waals surface area contributed by atoms with Crippen molar-refractivity contribution in [1.29, 1.82) is 0 Å². The molecule has 30 heavy (non-hydrogen) atoms. The number of hydrogen-bond acceptors (Lipinski definition) is 4. The number of likely N-dealkylation sites (N-methyl/N-ethyl adjacent to an activating group) is 1. The molecule has 1 saturated heterocycles. The Bertz CT molecular complexity index is 1010. The summed E-state index contributed by atoms with van der Waals surface area (Å²) in [6, 6.07) is 13.6. The molecule has 0 N–H and O–H groups in total.